The molecule has 4 heteroatoms. The van der Waals surface area contributed by atoms with E-state index in [9.17, 15) is 4.79 Å². The molecular formula is C12H21N3O. The zero-order valence-corrected chi connectivity index (χ0v) is 10.1. The van der Waals surface area contributed by atoms with Crippen LogP contribution in [0.1, 0.15) is 42.9 Å². The highest BCUT2D eigenvalue weighted by Crippen LogP contribution is 2.35. The number of aryl methyl sites for hydroxylation is 1. The maximum Gasteiger partial charge on any atom is 0.269 e. The Morgan fingerprint density at radius 3 is 2.44 bits per heavy atom. The number of nitrogens with zero attached hydrogens (tertiary/aromatic N) is 1. The van der Waals surface area contributed by atoms with Gasteiger partial charge in [0.15, 0.2) is 0 Å². The molecule has 0 aromatic carbocycles. The van der Waals surface area contributed by atoms with E-state index in [1.54, 1.807) is 11.7 Å². The van der Waals surface area contributed by atoms with E-state index in [0.717, 1.165) is 30.6 Å². The first-order valence-corrected chi connectivity index (χ1v) is 6.09. The topological polar surface area (TPSA) is 63.8 Å². The van der Waals surface area contributed by atoms with Crippen molar-refractivity contribution in [2.75, 3.05) is 6.54 Å². The summed E-state index contributed by atoms with van der Waals surface area (Å²) in [5.74, 6) is 1.21. The third-order valence-corrected chi connectivity index (χ3v) is 3.91. The van der Waals surface area contributed by atoms with Gasteiger partial charge in [-0.15, -0.1) is 0 Å². The fourth-order valence-electron chi connectivity index (χ4n) is 2.77. The number of nitrogens with one attached hydrogen (secondary N) is 1. The first-order valence-electron chi connectivity index (χ1n) is 6.09. The normalized spacial score (nSPS) is 25.9. The Morgan fingerprint density at radius 1 is 1.38 bits per heavy atom. The minimum atomic E-state index is 0.107. The maximum absolute atomic E-state index is 11.7. The van der Waals surface area contributed by atoms with E-state index >= 15 is 0 Å². The molecule has 1 aliphatic carbocycles. The zero-order valence-electron chi connectivity index (χ0n) is 10.1. The molecule has 0 atom stereocenters. The van der Waals surface area contributed by atoms with Gasteiger partial charge in [0.1, 0.15) is 0 Å². The lowest BCUT2D eigenvalue weighted by Crippen LogP contribution is -2.21. The number of rotatable bonds is 2. The van der Waals surface area contributed by atoms with E-state index in [1.165, 1.54) is 12.8 Å². The van der Waals surface area contributed by atoms with E-state index in [0.29, 0.717) is 11.8 Å². The molecule has 0 spiro atoms. The van der Waals surface area contributed by atoms with Crippen LogP contribution in [0.3, 0.4) is 0 Å². The lowest BCUT2D eigenvalue weighted by molar-refractivity contribution is 0.328. The fourth-order valence-corrected chi connectivity index (χ4v) is 2.77. The largest absolute Gasteiger partial charge is 0.330 e. The van der Waals surface area contributed by atoms with Gasteiger partial charge in [-0.1, -0.05) is 0 Å². The van der Waals surface area contributed by atoms with Crippen LogP contribution in [-0.2, 0) is 7.05 Å². The summed E-state index contributed by atoms with van der Waals surface area (Å²) in [6.07, 6.45) is 4.69. The van der Waals surface area contributed by atoms with Crippen molar-refractivity contribution in [1.29, 1.82) is 0 Å². The lowest BCUT2D eigenvalue weighted by Gasteiger charge is -2.27. The molecule has 90 valence electrons. The molecule has 1 aromatic rings. The molecule has 0 saturated heterocycles. The van der Waals surface area contributed by atoms with E-state index in [-0.39, 0.29) is 5.56 Å². The summed E-state index contributed by atoms with van der Waals surface area (Å²) < 4.78 is 1.58. The third kappa shape index (κ3) is 1.94. The van der Waals surface area contributed by atoms with Crippen molar-refractivity contribution in [2.45, 2.75) is 38.5 Å². The number of hydrogen-bond donors (Lipinski definition) is 2. The summed E-state index contributed by atoms with van der Waals surface area (Å²) in [6.45, 7) is 2.72. The summed E-state index contributed by atoms with van der Waals surface area (Å²) in [5.41, 5.74) is 7.82. The van der Waals surface area contributed by atoms with Crippen molar-refractivity contribution in [3.8, 4) is 0 Å². The van der Waals surface area contributed by atoms with Crippen LogP contribution < -0.4 is 11.3 Å². The van der Waals surface area contributed by atoms with Crippen LogP contribution in [0.4, 0.5) is 0 Å². The van der Waals surface area contributed by atoms with Crippen molar-refractivity contribution in [2.24, 2.45) is 18.7 Å². The highest BCUT2D eigenvalue weighted by Gasteiger charge is 2.24. The van der Waals surface area contributed by atoms with Gasteiger partial charge in [0.2, 0.25) is 0 Å². The summed E-state index contributed by atoms with van der Waals surface area (Å²) in [6, 6.07) is 0. The number of nitrogens with two attached hydrogens (primary N) is 1. The SMILES string of the molecule is Cc1c(C2CCC(CN)CC2)[nH]n(C)c1=O. The number of H-pyrrole nitrogens is 1. The predicted molar refractivity (Wildman–Crippen MR) is 64.5 cm³/mol. The molecule has 1 aromatic heterocycles. The first-order chi connectivity index (χ1) is 7.63. The van der Waals surface area contributed by atoms with Gasteiger partial charge >= 0.3 is 0 Å². The van der Waals surface area contributed by atoms with Gasteiger partial charge in [-0.05, 0) is 45.1 Å². The predicted octanol–water partition coefficient (Wildman–Crippen LogP) is 1.25. The highest BCUT2D eigenvalue weighted by atomic mass is 16.1. The van der Waals surface area contributed by atoms with Crippen molar-refractivity contribution in [3.05, 3.63) is 21.6 Å². The molecule has 0 amide bonds. The van der Waals surface area contributed by atoms with Crippen LogP contribution in [0.2, 0.25) is 0 Å². The molecule has 0 bridgehead atoms. The fraction of sp³-hybridized carbons (Fsp3) is 0.750. The van der Waals surface area contributed by atoms with Crippen LogP contribution in [-0.4, -0.2) is 16.3 Å². The Hall–Kier alpha value is -1.03. The summed E-state index contributed by atoms with van der Waals surface area (Å²) in [5, 5.41) is 3.19. The highest BCUT2D eigenvalue weighted by molar-refractivity contribution is 5.20. The van der Waals surface area contributed by atoms with Gasteiger partial charge in [0.25, 0.3) is 5.56 Å². The van der Waals surface area contributed by atoms with E-state index < -0.39 is 0 Å². The Balaban J connectivity index is 2.14. The van der Waals surface area contributed by atoms with Crippen LogP contribution in [0.15, 0.2) is 4.79 Å². The molecule has 16 heavy (non-hydrogen) atoms. The van der Waals surface area contributed by atoms with Gasteiger partial charge in [-0.2, -0.15) is 0 Å². The van der Waals surface area contributed by atoms with Crippen molar-refractivity contribution >= 4 is 0 Å². The Kier molecular flexibility index (Phi) is 3.19. The second-order valence-corrected chi connectivity index (χ2v) is 4.97. The number of aromatic nitrogens is 2. The first kappa shape index (κ1) is 11.5. The summed E-state index contributed by atoms with van der Waals surface area (Å²) >= 11 is 0. The average molecular weight is 223 g/mol. The molecule has 0 aliphatic heterocycles. The van der Waals surface area contributed by atoms with Crippen LogP contribution in [0.5, 0.6) is 0 Å². The Morgan fingerprint density at radius 2 is 2.00 bits per heavy atom. The second kappa shape index (κ2) is 4.45. The molecule has 3 N–H and O–H groups in total. The summed E-state index contributed by atoms with van der Waals surface area (Å²) in [4.78, 5) is 11.7. The van der Waals surface area contributed by atoms with Crippen molar-refractivity contribution < 1.29 is 0 Å². The number of aromatic amines is 1. The zero-order chi connectivity index (χ0) is 11.7. The Bertz CT molecular complexity index is 410. The van der Waals surface area contributed by atoms with Crippen LogP contribution >= 0.6 is 0 Å². The maximum atomic E-state index is 11.7. The molecular weight excluding hydrogens is 202 g/mol. The Labute approximate surface area is 95.8 Å². The van der Waals surface area contributed by atoms with E-state index in [4.69, 9.17) is 5.73 Å². The standard InChI is InChI=1S/C12H21N3O/c1-8-11(14-15(2)12(8)16)10-5-3-9(7-13)4-6-10/h9-10,14H,3-7,13H2,1-2H3. The van der Waals surface area contributed by atoms with Gasteiger partial charge in [0.05, 0.1) is 0 Å². The third-order valence-electron chi connectivity index (χ3n) is 3.91. The molecule has 1 saturated carbocycles. The van der Waals surface area contributed by atoms with Crippen LogP contribution in [0, 0.1) is 12.8 Å². The molecule has 1 fully saturated rings. The quantitative estimate of drug-likeness (QED) is 0.792. The molecule has 0 unspecified atom stereocenters. The van der Waals surface area contributed by atoms with Crippen molar-refractivity contribution in [1.82, 2.24) is 9.78 Å². The minimum absolute atomic E-state index is 0.107. The number of hydrogen-bond acceptors (Lipinski definition) is 2. The van der Waals surface area contributed by atoms with Crippen LogP contribution in [0.25, 0.3) is 0 Å². The monoisotopic (exact) mass is 223 g/mol. The van der Waals surface area contributed by atoms with Gasteiger partial charge in [0, 0.05) is 24.2 Å². The van der Waals surface area contributed by atoms with Gasteiger partial charge in [-0.25, -0.2) is 0 Å². The van der Waals surface area contributed by atoms with E-state index in [2.05, 4.69) is 5.10 Å². The lowest BCUT2D eigenvalue weighted by atomic mass is 9.80. The van der Waals surface area contributed by atoms with E-state index in [1.807, 2.05) is 6.92 Å². The molecule has 1 aliphatic rings. The van der Waals surface area contributed by atoms with Gasteiger partial charge in [-0.3, -0.25) is 14.6 Å². The second-order valence-electron chi connectivity index (χ2n) is 4.97. The molecule has 2 rings (SSSR count). The molecule has 1 heterocycles. The smallest absolute Gasteiger partial charge is 0.269 e. The molecule has 4 nitrogen and oxygen atoms in total. The summed E-state index contributed by atoms with van der Waals surface area (Å²) in [7, 11) is 1.78. The molecule has 0 radical (unpaired) electrons. The minimum Gasteiger partial charge on any atom is -0.330 e. The van der Waals surface area contributed by atoms with Gasteiger partial charge < -0.3 is 5.73 Å². The average Bonchev–Trinajstić information content (AvgIpc) is 2.57. The van der Waals surface area contributed by atoms with Crippen molar-refractivity contribution in [3.63, 3.8) is 0 Å².